The summed E-state index contributed by atoms with van der Waals surface area (Å²) in [5.41, 5.74) is 1.07. The average molecular weight is 668 g/mol. The minimum absolute atomic E-state index is 0.00607. The molecule has 3 N–H and O–H groups in total. The van der Waals surface area contributed by atoms with Crippen molar-refractivity contribution in [2.75, 3.05) is 32.1 Å². The fourth-order valence-electron chi connectivity index (χ4n) is 6.98. The van der Waals surface area contributed by atoms with Gasteiger partial charge in [-0.05, 0) is 70.1 Å². The second-order valence-corrected chi connectivity index (χ2v) is 14.6. The summed E-state index contributed by atoms with van der Waals surface area (Å²) >= 11 is 0. The number of rotatable bonds is 4. The Kier molecular flexibility index (Phi) is 10.3. The van der Waals surface area contributed by atoms with Crippen LogP contribution in [0.15, 0.2) is 30.4 Å². The maximum absolute atomic E-state index is 14.2. The molecule has 0 aromatic heterocycles. The SMILES string of the molecule is CN(C)c1cccc2c1CCN(C(=O)O[C@@H]1C[C@H]3C(=O)N[C@]4(C(=O)O)C[C@@H]4/C=C\CCCCC[C@H](NC(=O)OC(C)(C)C)C(=O)N3C1)C2. The van der Waals surface area contributed by atoms with Gasteiger partial charge in [-0.3, -0.25) is 9.59 Å². The molecule has 0 bridgehead atoms. The first kappa shape index (κ1) is 35.0. The van der Waals surface area contributed by atoms with Gasteiger partial charge in [0.2, 0.25) is 11.8 Å². The lowest BCUT2D eigenvalue weighted by Gasteiger charge is -2.31. The van der Waals surface area contributed by atoms with Crippen molar-refractivity contribution < 1.29 is 38.6 Å². The molecule has 0 spiro atoms. The molecule has 3 aliphatic heterocycles. The quantitative estimate of drug-likeness (QED) is 0.408. The van der Waals surface area contributed by atoms with Crippen LogP contribution in [0, 0.1) is 5.92 Å². The summed E-state index contributed by atoms with van der Waals surface area (Å²) in [7, 11) is 3.97. The molecule has 0 unspecified atom stereocenters. The highest BCUT2D eigenvalue weighted by Crippen LogP contribution is 2.45. The normalized spacial score (nSPS) is 28.4. The van der Waals surface area contributed by atoms with Crippen molar-refractivity contribution in [3.05, 3.63) is 41.5 Å². The third-order valence-electron chi connectivity index (χ3n) is 9.56. The Morgan fingerprint density at radius 2 is 1.90 bits per heavy atom. The molecule has 3 heterocycles. The molecule has 1 saturated heterocycles. The summed E-state index contributed by atoms with van der Waals surface area (Å²) in [5, 5.41) is 15.5. The molecular weight excluding hydrogens is 618 g/mol. The lowest BCUT2D eigenvalue weighted by atomic mass is 9.97. The molecule has 1 saturated carbocycles. The van der Waals surface area contributed by atoms with Gasteiger partial charge in [-0.25, -0.2) is 14.4 Å². The zero-order valence-electron chi connectivity index (χ0n) is 28.6. The number of fused-ring (bicyclic) bond motifs is 3. The first-order valence-corrected chi connectivity index (χ1v) is 16.9. The monoisotopic (exact) mass is 667 g/mol. The van der Waals surface area contributed by atoms with Crippen LogP contribution in [0.3, 0.4) is 0 Å². The molecule has 48 heavy (non-hydrogen) atoms. The number of benzene rings is 1. The topological polar surface area (TPSA) is 158 Å². The highest BCUT2D eigenvalue weighted by Gasteiger charge is 2.61. The van der Waals surface area contributed by atoms with Crippen LogP contribution in [0.25, 0.3) is 0 Å². The molecule has 4 aliphatic rings. The van der Waals surface area contributed by atoms with Crippen molar-refractivity contribution in [1.29, 1.82) is 0 Å². The highest BCUT2D eigenvalue weighted by molar-refractivity contribution is 5.96. The van der Waals surface area contributed by atoms with E-state index in [2.05, 4.69) is 10.6 Å². The maximum atomic E-state index is 14.2. The van der Waals surface area contributed by atoms with E-state index in [4.69, 9.17) is 9.47 Å². The number of nitrogens with zero attached hydrogens (tertiary/aromatic N) is 3. The Labute approximate surface area is 282 Å². The van der Waals surface area contributed by atoms with Crippen LogP contribution in [0.2, 0.25) is 0 Å². The summed E-state index contributed by atoms with van der Waals surface area (Å²) in [5.74, 6) is -2.64. The van der Waals surface area contributed by atoms with E-state index in [1.807, 2.05) is 49.3 Å². The number of hydrogen-bond acceptors (Lipinski definition) is 8. The second kappa shape index (κ2) is 14.1. The molecule has 13 heteroatoms. The number of ether oxygens (including phenoxy) is 2. The maximum Gasteiger partial charge on any atom is 0.410 e. The van der Waals surface area contributed by atoms with E-state index in [0.717, 1.165) is 30.5 Å². The third kappa shape index (κ3) is 7.87. The largest absolute Gasteiger partial charge is 0.479 e. The van der Waals surface area contributed by atoms with Gasteiger partial charge in [-0.2, -0.15) is 0 Å². The van der Waals surface area contributed by atoms with E-state index in [9.17, 15) is 29.1 Å². The molecule has 1 aromatic carbocycles. The summed E-state index contributed by atoms with van der Waals surface area (Å²) in [6, 6.07) is 3.91. The predicted molar refractivity (Wildman–Crippen MR) is 177 cm³/mol. The molecule has 1 aliphatic carbocycles. The van der Waals surface area contributed by atoms with Crippen molar-refractivity contribution in [2.45, 2.75) is 108 Å². The molecule has 262 valence electrons. The van der Waals surface area contributed by atoms with Crippen LogP contribution in [-0.4, -0.2) is 101 Å². The smallest absolute Gasteiger partial charge is 0.410 e. The lowest BCUT2D eigenvalue weighted by molar-refractivity contribution is -0.145. The van der Waals surface area contributed by atoms with Crippen LogP contribution in [0.4, 0.5) is 15.3 Å². The van der Waals surface area contributed by atoms with Crippen LogP contribution < -0.4 is 15.5 Å². The number of allylic oxidation sites excluding steroid dienone is 1. The molecule has 4 amide bonds. The Bertz CT molecular complexity index is 1450. The summed E-state index contributed by atoms with van der Waals surface area (Å²) in [6.45, 7) is 5.92. The predicted octanol–water partition coefficient (Wildman–Crippen LogP) is 3.59. The summed E-state index contributed by atoms with van der Waals surface area (Å²) in [6.07, 6.45) is 5.88. The van der Waals surface area contributed by atoms with Gasteiger partial charge in [0.1, 0.15) is 29.3 Å². The number of anilines is 1. The molecule has 1 aromatic rings. The second-order valence-electron chi connectivity index (χ2n) is 14.6. The minimum atomic E-state index is -1.46. The zero-order valence-corrected chi connectivity index (χ0v) is 28.6. The van der Waals surface area contributed by atoms with Gasteiger partial charge in [0.15, 0.2) is 0 Å². The number of aliphatic carboxylic acids is 1. The number of nitrogens with one attached hydrogen (secondary N) is 2. The van der Waals surface area contributed by atoms with Crippen LogP contribution in [-0.2, 0) is 36.8 Å². The standard InChI is InChI=1S/C35H49N5O8/c1-34(2,3)48-32(45)36-26-14-10-8-6-7-9-13-23-19-35(23,31(43)44)37-29(41)28-18-24(21-40(28)30(26)42)47-33(46)39-17-16-25-22(20-39)12-11-15-27(25)38(4)5/h9,11-13,15,23-24,26,28H,6-8,10,14,16-21H2,1-5H3,(H,36,45)(H,37,41)(H,43,44)/b13-9-/t23-,24+,26-,28-,35+/m0/s1. The average Bonchev–Trinajstić information content (AvgIpc) is 3.55. The van der Waals surface area contributed by atoms with Gasteiger partial charge in [0, 0.05) is 45.2 Å². The minimum Gasteiger partial charge on any atom is -0.479 e. The summed E-state index contributed by atoms with van der Waals surface area (Å²) < 4.78 is 11.4. The molecule has 5 atom stereocenters. The van der Waals surface area contributed by atoms with Gasteiger partial charge in [-0.1, -0.05) is 37.1 Å². The van der Waals surface area contributed by atoms with Crippen LogP contribution in [0.1, 0.15) is 76.8 Å². The van der Waals surface area contributed by atoms with Crippen LogP contribution in [0.5, 0.6) is 0 Å². The van der Waals surface area contributed by atoms with Gasteiger partial charge >= 0.3 is 18.2 Å². The molecule has 13 nitrogen and oxygen atoms in total. The first-order chi connectivity index (χ1) is 22.7. The van der Waals surface area contributed by atoms with Crippen molar-refractivity contribution in [2.24, 2.45) is 5.92 Å². The molecular formula is C35H49N5O8. The Balaban J connectivity index is 1.36. The molecule has 0 radical (unpaired) electrons. The van der Waals surface area contributed by atoms with Crippen molar-refractivity contribution in [3.63, 3.8) is 0 Å². The fraction of sp³-hybridized carbons (Fsp3) is 0.629. The first-order valence-electron chi connectivity index (χ1n) is 16.9. The fourth-order valence-corrected chi connectivity index (χ4v) is 6.98. The Morgan fingerprint density at radius 3 is 2.60 bits per heavy atom. The summed E-state index contributed by atoms with van der Waals surface area (Å²) in [4.78, 5) is 71.6. The van der Waals surface area contributed by atoms with Gasteiger partial charge in [-0.15, -0.1) is 0 Å². The van der Waals surface area contributed by atoms with Crippen molar-refractivity contribution >= 4 is 35.7 Å². The Morgan fingerprint density at radius 1 is 1.12 bits per heavy atom. The van der Waals surface area contributed by atoms with Gasteiger partial charge in [0.05, 0.1) is 6.54 Å². The lowest BCUT2D eigenvalue weighted by Crippen LogP contribution is -2.56. The Hall–Kier alpha value is -4.29. The third-order valence-corrected chi connectivity index (χ3v) is 9.56. The van der Waals surface area contributed by atoms with E-state index < -0.39 is 59.3 Å². The van der Waals surface area contributed by atoms with Gasteiger partial charge in [0.25, 0.3) is 0 Å². The number of carboxylic acid groups (broad SMARTS) is 1. The van der Waals surface area contributed by atoms with Crippen LogP contribution >= 0.6 is 0 Å². The number of carboxylic acids is 1. The number of carbonyl (C=O) groups is 5. The molecule has 2 fully saturated rings. The van der Waals surface area contributed by atoms with Crippen molar-refractivity contribution in [3.8, 4) is 0 Å². The number of carbonyl (C=O) groups excluding carboxylic acids is 4. The van der Waals surface area contributed by atoms with E-state index in [-0.39, 0.29) is 25.3 Å². The van der Waals surface area contributed by atoms with Gasteiger partial charge < -0.3 is 39.9 Å². The number of amides is 4. The van der Waals surface area contributed by atoms with E-state index in [0.29, 0.717) is 32.4 Å². The van der Waals surface area contributed by atoms with E-state index >= 15 is 0 Å². The van der Waals surface area contributed by atoms with E-state index in [1.165, 1.54) is 10.5 Å². The number of alkyl carbamates (subject to hydrolysis) is 1. The van der Waals surface area contributed by atoms with E-state index in [1.54, 1.807) is 25.7 Å². The molecule has 5 rings (SSSR count). The zero-order chi connectivity index (χ0) is 34.8. The highest BCUT2D eigenvalue weighted by atomic mass is 16.6. The van der Waals surface area contributed by atoms with Crippen molar-refractivity contribution in [1.82, 2.24) is 20.4 Å². The number of hydrogen-bond donors (Lipinski definition) is 3.